The third-order valence-corrected chi connectivity index (χ3v) is 5.64. The van der Waals surface area contributed by atoms with Gasteiger partial charge in [0.1, 0.15) is 18.4 Å². The number of para-hydroxylation sites is 1. The summed E-state index contributed by atoms with van der Waals surface area (Å²) in [5.74, 6) is -1.16. The molecule has 4 rings (SSSR count). The number of amides is 4. The van der Waals surface area contributed by atoms with Gasteiger partial charge in [-0.25, -0.2) is 9.18 Å². The van der Waals surface area contributed by atoms with Gasteiger partial charge in [-0.15, -0.1) is 0 Å². The van der Waals surface area contributed by atoms with Crippen LogP contribution in [0.5, 0.6) is 0 Å². The van der Waals surface area contributed by atoms with E-state index in [9.17, 15) is 18.8 Å². The predicted octanol–water partition coefficient (Wildman–Crippen LogP) is 3.35. The van der Waals surface area contributed by atoms with Gasteiger partial charge in [0.15, 0.2) is 0 Å². The smallest absolute Gasteiger partial charge is 0.308 e. The van der Waals surface area contributed by atoms with Crippen LogP contribution in [0.2, 0.25) is 0 Å². The van der Waals surface area contributed by atoms with Gasteiger partial charge in [0.05, 0.1) is 0 Å². The summed E-state index contributed by atoms with van der Waals surface area (Å²) in [6.45, 7) is 3.25. The zero-order valence-corrected chi connectivity index (χ0v) is 16.3. The number of nitrogens with zero attached hydrogens (tertiary/aromatic N) is 3. The monoisotopic (exact) mass is 395 g/mol. The molecule has 0 spiro atoms. The molecule has 2 atom stereocenters. The lowest BCUT2D eigenvalue weighted by molar-refractivity contribution is -0.131. The second-order valence-electron chi connectivity index (χ2n) is 7.51. The van der Waals surface area contributed by atoms with E-state index in [0.29, 0.717) is 5.69 Å². The third-order valence-electron chi connectivity index (χ3n) is 5.64. The number of benzene rings is 2. The average Bonchev–Trinajstić information content (AvgIpc) is 2.92. The lowest BCUT2D eigenvalue weighted by atomic mass is 9.96. The molecule has 2 aromatic carbocycles. The Morgan fingerprint density at radius 1 is 1.07 bits per heavy atom. The molecule has 0 aliphatic carbocycles. The molecular formula is C22H22FN3O3. The minimum atomic E-state index is -0.758. The molecule has 2 aromatic rings. The molecule has 2 aliphatic heterocycles. The minimum absolute atomic E-state index is 0.0177. The van der Waals surface area contributed by atoms with Crippen LogP contribution < -0.4 is 9.80 Å². The molecule has 0 radical (unpaired) electrons. The van der Waals surface area contributed by atoms with E-state index in [1.807, 2.05) is 31.2 Å². The first-order chi connectivity index (χ1) is 13.9. The molecule has 0 N–H and O–H groups in total. The number of carbonyl (C=O) groups excluding carboxylic acids is 3. The molecule has 150 valence electrons. The highest BCUT2D eigenvalue weighted by atomic mass is 19.1. The molecule has 4 amide bonds. The number of hydrogen-bond acceptors (Lipinski definition) is 3. The maximum atomic E-state index is 13.2. The van der Waals surface area contributed by atoms with E-state index in [4.69, 9.17) is 0 Å². The highest BCUT2D eigenvalue weighted by Gasteiger charge is 2.45. The number of halogens is 1. The molecule has 2 aliphatic rings. The Morgan fingerprint density at radius 2 is 1.76 bits per heavy atom. The van der Waals surface area contributed by atoms with Crippen molar-refractivity contribution in [3.05, 3.63) is 59.9 Å². The fourth-order valence-corrected chi connectivity index (χ4v) is 4.09. The number of urea groups is 1. The second-order valence-corrected chi connectivity index (χ2v) is 7.51. The van der Waals surface area contributed by atoms with Crippen molar-refractivity contribution in [2.45, 2.75) is 38.8 Å². The molecule has 2 unspecified atom stereocenters. The Kier molecular flexibility index (Phi) is 4.82. The highest BCUT2D eigenvalue weighted by Crippen LogP contribution is 2.31. The standard InChI is InChI=1S/C22H22FN3O3/c1-14-7-8-16-5-3-4-6-19(16)25(14)20(27)13-24-21(28)15(2)26(22(24)29)18-11-9-17(23)10-12-18/h3-6,9-12,14-15H,7-8,13H2,1-2H3. The van der Waals surface area contributed by atoms with Crippen molar-refractivity contribution in [3.8, 4) is 0 Å². The van der Waals surface area contributed by atoms with E-state index in [-0.39, 0.29) is 18.5 Å². The fourth-order valence-electron chi connectivity index (χ4n) is 4.09. The van der Waals surface area contributed by atoms with Crippen molar-refractivity contribution in [1.29, 1.82) is 0 Å². The second kappa shape index (κ2) is 7.31. The number of carbonyl (C=O) groups is 3. The van der Waals surface area contributed by atoms with Gasteiger partial charge < -0.3 is 4.90 Å². The SMILES string of the molecule is CC1CCc2ccccc2N1C(=O)CN1C(=O)C(C)N(c2ccc(F)cc2)C1=O. The summed E-state index contributed by atoms with van der Waals surface area (Å²) in [5, 5.41) is 0. The van der Waals surface area contributed by atoms with Gasteiger partial charge >= 0.3 is 6.03 Å². The van der Waals surface area contributed by atoms with Crippen LogP contribution in [0.1, 0.15) is 25.8 Å². The van der Waals surface area contributed by atoms with Crippen LogP contribution in [0.4, 0.5) is 20.6 Å². The Labute approximate surface area is 168 Å². The van der Waals surface area contributed by atoms with Crippen LogP contribution >= 0.6 is 0 Å². The average molecular weight is 395 g/mol. The van der Waals surface area contributed by atoms with Crippen molar-refractivity contribution >= 4 is 29.2 Å². The van der Waals surface area contributed by atoms with Crippen molar-refractivity contribution in [3.63, 3.8) is 0 Å². The van der Waals surface area contributed by atoms with Crippen LogP contribution in [0, 0.1) is 5.82 Å². The molecule has 0 saturated carbocycles. The first kappa shape index (κ1) is 19.1. The Balaban J connectivity index is 1.58. The van der Waals surface area contributed by atoms with Crippen LogP contribution in [-0.2, 0) is 16.0 Å². The maximum Gasteiger partial charge on any atom is 0.332 e. The van der Waals surface area contributed by atoms with Crippen LogP contribution in [-0.4, -0.2) is 41.4 Å². The summed E-state index contributed by atoms with van der Waals surface area (Å²) in [5.41, 5.74) is 2.34. The normalized spacial score (nSPS) is 21.6. The largest absolute Gasteiger partial charge is 0.332 e. The number of rotatable bonds is 3. The van der Waals surface area contributed by atoms with Gasteiger partial charge in [-0.05, 0) is 62.6 Å². The minimum Gasteiger partial charge on any atom is -0.308 e. The Bertz CT molecular complexity index is 976. The molecule has 2 heterocycles. The number of hydrogen-bond donors (Lipinski definition) is 0. The Morgan fingerprint density at radius 3 is 2.48 bits per heavy atom. The van der Waals surface area contributed by atoms with Gasteiger partial charge in [0, 0.05) is 17.4 Å². The molecule has 29 heavy (non-hydrogen) atoms. The van der Waals surface area contributed by atoms with E-state index in [1.165, 1.54) is 29.2 Å². The van der Waals surface area contributed by atoms with Crippen molar-refractivity contribution in [2.75, 3.05) is 16.3 Å². The topological polar surface area (TPSA) is 60.9 Å². The number of imide groups is 1. The third kappa shape index (κ3) is 3.26. The molecule has 1 fully saturated rings. The first-order valence-corrected chi connectivity index (χ1v) is 9.68. The van der Waals surface area contributed by atoms with Crippen LogP contribution in [0.25, 0.3) is 0 Å². The fraction of sp³-hybridized carbons (Fsp3) is 0.318. The molecule has 0 aromatic heterocycles. The van der Waals surface area contributed by atoms with E-state index in [2.05, 4.69) is 0 Å². The van der Waals surface area contributed by atoms with Gasteiger partial charge in [-0.2, -0.15) is 0 Å². The first-order valence-electron chi connectivity index (χ1n) is 9.68. The number of anilines is 2. The highest BCUT2D eigenvalue weighted by molar-refractivity contribution is 6.16. The van der Waals surface area contributed by atoms with Crippen molar-refractivity contribution in [2.24, 2.45) is 0 Å². The van der Waals surface area contributed by atoms with E-state index in [0.717, 1.165) is 29.0 Å². The molecule has 6 nitrogen and oxygen atoms in total. The summed E-state index contributed by atoms with van der Waals surface area (Å²) >= 11 is 0. The van der Waals surface area contributed by atoms with Crippen molar-refractivity contribution < 1.29 is 18.8 Å². The molecule has 1 saturated heterocycles. The van der Waals surface area contributed by atoms with Crippen molar-refractivity contribution in [1.82, 2.24) is 4.90 Å². The summed E-state index contributed by atoms with van der Waals surface area (Å²) in [6, 6.07) is 11.7. The Hall–Kier alpha value is -3.22. The quantitative estimate of drug-likeness (QED) is 0.749. The van der Waals surface area contributed by atoms with Gasteiger partial charge in [0.25, 0.3) is 5.91 Å². The summed E-state index contributed by atoms with van der Waals surface area (Å²) in [7, 11) is 0. The van der Waals surface area contributed by atoms with E-state index in [1.54, 1.807) is 11.8 Å². The van der Waals surface area contributed by atoms with Crippen LogP contribution in [0.15, 0.2) is 48.5 Å². The summed E-state index contributed by atoms with van der Waals surface area (Å²) < 4.78 is 13.2. The lowest BCUT2D eigenvalue weighted by Gasteiger charge is -2.36. The zero-order chi connectivity index (χ0) is 20.7. The summed E-state index contributed by atoms with van der Waals surface area (Å²) in [4.78, 5) is 42.7. The number of aryl methyl sites for hydroxylation is 1. The number of fused-ring (bicyclic) bond motifs is 1. The molecule has 0 bridgehead atoms. The van der Waals surface area contributed by atoms with Gasteiger partial charge in [-0.3, -0.25) is 19.4 Å². The maximum absolute atomic E-state index is 13.2. The van der Waals surface area contributed by atoms with Gasteiger partial charge in [0.2, 0.25) is 5.91 Å². The van der Waals surface area contributed by atoms with E-state index >= 15 is 0 Å². The lowest BCUT2D eigenvalue weighted by Crippen LogP contribution is -2.48. The van der Waals surface area contributed by atoms with Gasteiger partial charge in [-0.1, -0.05) is 18.2 Å². The summed E-state index contributed by atoms with van der Waals surface area (Å²) in [6.07, 6.45) is 1.71. The molecule has 7 heteroatoms. The van der Waals surface area contributed by atoms with E-state index < -0.39 is 23.8 Å². The predicted molar refractivity (Wildman–Crippen MR) is 107 cm³/mol. The zero-order valence-electron chi connectivity index (χ0n) is 16.3. The molecular weight excluding hydrogens is 373 g/mol. The van der Waals surface area contributed by atoms with Crippen LogP contribution in [0.3, 0.4) is 0 Å².